The Labute approximate surface area is 170 Å². The molecule has 0 spiro atoms. The topological polar surface area (TPSA) is 99.9 Å². The number of esters is 1. The molecule has 7 nitrogen and oxygen atoms in total. The van der Waals surface area contributed by atoms with E-state index in [1.54, 1.807) is 43.5 Å². The number of rotatable bonds is 8. The smallest absolute Gasteiger partial charge is 0.338 e. The van der Waals surface area contributed by atoms with E-state index in [9.17, 15) is 4.79 Å². The third-order valence-corrected chi connectivity index (χ3v) is 3.85. The zero-order valence-electron chi connectivity index (χ0n) is 16.7. The number of nitrogens with one attached hydrogen (secondary N) is 2. The van der Waals surface area contributed by atoms with Gasteiger partial charge in [-0.15, -0.1) is 0 Å². The van der Waals surface area contributed by atoms with Gasteiger partial charge in [-0.05, 0) is 62.2 Å². The Hall–Kier alpha value is -3.92. The van der Waals surface area contributed by atoms with E-state index in [1.165, 1.54) is 0 Å². The molecule has 0 atom stereocenters. The molecule has 0 amide bonds. The van der Waals surface area contributed by atoms with Gasteiger partial charge in [-0.3, -0.25) is 0 Å². The molecule has 0 saturated carbocycles. The monoisotopic (exact) mass is 389 g/mol. The second-order valence-electron chi connectivity index (χ2n) is 6.22. The molecule has 0 bridgehead atoms. The van der Waals surface area contributed by atoms with Crippen molar-refractivity contribution < 1.29 is 9.53 Å². The summed E-state index contributed by atoms with van der Waals surface area (Å²) >= 11 is 0. The maximum Gasteiger partial charge on any atom is 0.338 e. The number of hydrogen-bond donors (Lipinski definition) is 2. The molecule has 2 N–H and O–H groups in total. The third kappa shape index (κ3) is 6.04. The fraction of sp³-hybridized carbons (Fsp3) is 0.182. The van der Waals surface area contributed by atoms with Crippen molar-refractivity contribution in [1.29, 1.82) is 5.26 Å². The lowest BCUT2D eigenvalue weighted by molar-refractivity contribution is 0.0526. The Morgan fingerprint density at radius 3 is 2.59 bits per heavy atom. The molecule has 2 aromatic rings. The predicted octanol–water partition coefficient (Wildman–Crippen LogP) is 4.58. The number of nitriles is 1. The fourth-order valence-electron chi connectivity index (χ4n) is 2.53. The summed E-state index contributed by atoms with van der Waals surface area (Å²) in [5.41, 5.74) is 3.99. The molecule has 0 aliphatic carbocycles. The van der Waals surface area contributed by atoms with E-state index in [4.69, 9.17) is 10.00 Å². The van der Waals surface area contributed by atoms with Crippen LogP contribution in [0.15, 0.2) is 61.0 Å². The van der Waals surface area contributed by atoms with Crippen LogP contribution in [0, 0.1) is 25.2 Å². The van der Waals surface area contributed by atoms with Gasteiger partial charge >= 0.3 is 5.97 Å². The fourth-order valence-corrected chi connectivity index (χ4v) is 2.53. The molecule has 0 unspecified atom stereocenters. The minimum Gasteiger partial charge on any atom is -0.462 e. The molecule has 1 heterocycles. The van der Waals surface area contributed by atoms with Crippen LogP contribution in [0.4, 0.5) is 17.5 Å². The molecule has 29 heavy (non-hydrogen) atoms. The summed E-state index contributed by atoms with van der Waals surface area (Å²) in [5, 5.41) is 14.9. The van der Waals surface area contributed by atoms with Gasteiger partial charge < -0.3 is 15.4 Å². The highest BCUT2D eigenvalue weighted by atomic mass is 16.5. The summed E-state index contributed by atoms with van der Waals surface area (Å²) in [4.78, 5) is 20.6. The highest BCUT2D eigenvalue weighted by Gasteiger charge is 2.12. The van der Waals surface area contributed by atoms with Gasteiger partial charge in [-0.25, -0.2) is 9.78 Å². The van der Waals surface area contributed by atoms with Crippen LogP contribution in [-0.4, -0.2) is 22.5 Å². The summed E-state index contributed by atoms with van der Waals surface area (Å²) in [6.45, 7) is 13.3. The maximum absolute atomic E-state index is 12.0. The van der Waals surface area contributed by atoms with Crippen LogP contribution in [0.25, 0.3) is 0 Å². The molecule has 0 aliphatic rings. The van der Waals surface area contributed by atoms with E-state index in [1.807, 2.05) is 19.9 Å². The zero-order valence-corrected chi connectivity index (χ0v) is 16.7. The lowest BCUT2D eigenvalue weighted by atomic mass is 10.0. The molecular weight excluding hydrogens is 366 g/mol. The van der Waals surface area contributed by atoms with E-state index in [0.717, 1.165) is 16.8 Å². The van der Waals surface area contributed by atoms with Gasteiger partial charge in [-0.1, -0.05) is 13.2 Å². The van der Waals surface area contributed by atoms with Crippen LogP contribution in [0.5, 0.6) is 0 Å². The largest absolute Gasteiger partial charge is 0.462 e. The van der Waals surface area contributed by atoms with Gasteiger partial charge in [0.2, 0.25) is 5.95 Å². The van der Waals surface area contributed by atoms with Gasteiger partial charge in [0.05, 0.1) is 18.2 Å². The third-order valence-electron chi connectivity index (χ3n) is 3.85. The highest BCUT2D eigenvalue weighted by Crippen LogP contribution is 2.26. The molecular formula is C22H23N5O2. The molecule has 0 fully saturated rings. The first-order chi connectivity index (χ1) is 13.8. The van der Waals surface area contributed by atoms with E-state index in [0.29, 0.717) is 35.2 Å². The van der Waals surface area contributed by atoms with Crippen LogP contribution >= 0.6 is 0 Å². The standard InChI is InChI=1S/C22H23N5O2/c1-6-29-21(28)18-11-15(3)20(16(4)12-18)26-19-9-10-24-22(27-19)25-17(5)8-7-14(2)13-23/h7-12H,2,5-6H2,1,3-4H3,(H2,24,25,26,27)/b8-7-. The summed E-state index contributed by atoms with van der Waals surface area (Å²) in [7, 11) is 0. The number of benzene rings is 1. The van der Waals surface area contributed by atoms with Gasteiger partial charge in [0.25, 0.3) is 0 Å². The van der Waals surface area contributed by atoms with Crippen molar-refractivity contribution in [3.63, 3.8) is 0 Å². The van der Waals surface area contributed by atoms with Crippen LogP contribution in [-0.2, 0) is 4.74 Å². The minimum absolute atomic E-state index is 0.321. The Bertz CT molecular complexity index is 995. The molecule has 0 radical (unpaired) electrons. The van der Waals surface area contributed by atoms with E-state index in [-0.39, 0.29) is 5.97 Å². The average Bonchev–Trinajstić information content (AvgIpc) is 2.69. The van der Waals surface area contributed by atoms with E-state index in [2.05, 4.69) is 33.8 Å². The number of carbonyl (C=O) groups excluding carboxylic acids is 1. The number of carbonyl (C=O) groups is 1. The van der Waals surface area contributed by atoms with Crippen molar-refractivity contribution in [3.8, 4) is 6.07 Å². The Kier molecular flexibility index (Phi) is 7.26. The zero-order chi connectivity index (χ0) is 21.4. The van der Waals surface area contributed by atoms with E-state index < -0.39 is 0 Å². The van der Waals surface area contributed by atoms with Crippen molar-refractivity contribution in [3.05, 3.63) is 77.7 Å². The molecule has 1 aromatic carbocycles. The molecule has 1 aromatic heterocycles. The van der Waals surface area contributed by atoms with Crippen molar-refractivity contribution >= 4 is 23.4 Å². The lowest BCUT2D eigenvalue weighted by Gasteiger charge is -2.14. The number of aromatic nitrogens is 2. The van der Waals surface area contributed by atoms with Gasteiger partial charge in [0.1, 0.15) is 5.82 Å². The Balaban J connectivity index is 2.17. The molecule has 2 rings (SSSR count). The van der Waals surface area contributed by atoms with Crippen LogP contribution < -0.4 is 10.6 Å². The van der Waals surface area contributed by atoms with Gasteiger partial charge in [-0.2, -0.15) is 10.2 Å². The minimum atomic E-state index is -0.343. The number of aryl methyl sites for hydroxylation is 2. The van der Waals surface area contributed by atoms with Gasteiger partial charge in [0.15, 0.2) is 0 Å². The van der Waals surface area contributed by atoms with Crippen LogP contribution in [0.2, 0.25) is 0 Å². The maximum atomic E-state index is 12.0. The number of hydrogen-bond acceptors (Lipinski definition) is 7. The molecule has 148 valence electrons. The number of ether oxygens (including phenoxy) is 1. The van der Waals surface area contributed by atoms with Crippen molar-refractivity contribution in [1.82, 2.24) is 9.97 Å². The van der Waals surface area contributed by atoms with Crippen molar-refractivity contribution in [2.24, 2.45) is 0 Å². The Morgan fingerprint density at radius 1 is 1.28 bits per heavy atom. The van der Waals surface area contributed by atoms with E-state index >= 15 is 0 Å². The first kappa shape index (κ1) is 21.4. The predicted molar refractivity (Wildman–Crippen MR) is 114 cm³/mol. The number of allylic oxidation sites excluding steroid dienone is 3. The second kappa shape index (κ2) is 9.85. The summed E-state index contributed by atoms with van der Waals surface area (Å²) < 4.78 is 5.07. The van der Waals surface area contributed by atoms with Crippen molar-refractivity contribution in [2.75, 3.05) is 17.2 Å². The average molecular weight is 389 g/mol. The first-order valence-corrected chi connectivity index (χ1v) is 8.95. The normalized spacial score (nSPS) is 10.3. The summed E-state index contributed by atoms with van der Waals surface area (Å²) in [6, 6.07) is 7.22. The highest BCUT2D eigenvalue weighted by molar-refractivity contribution is 5.91. The number of nitrogens with zero attached hydrogens (tertiary/aromatic N) is 3. The second-order valence-corrected chi connectivity index (χ2v) is 6.22. The first-order valence-electron chi connectivity index (χ1n) is 8.95. The van der Waals surface area contributed by atoms with Crippen molar-refractivity contribution in [2.45, 2.75) is 20.8 Å². The quantitative estimate of drug-likeness (QED) is 0.387. The lowest BCUT2D eigenvalue weighted by Crippen LogP contribution is -2.08. The Morgan fingerprint density at radius 2 is 1.97 bits per heavy atom. The van der Waals surface area contributed by atoms with Crippen LogP contribution in [0.3, 0.4) is 0 Å². The molecule has 0 aliphatic heterocycles. The summed E-state index contributed by atoms with van der Waals surface area (Å²) in [6.07, 6.45) is 4.78. The SMILES string of the molecule is C=C(C#N)/C=C\C(=C)Nc1nccc(Nc2c(C)cc(C(=O)OCC)cc2C)n1. The molecule has 7 heteroatoms. The number of anilines is 3. The molecule has 0 saturated heterocycles. The summed E-state index contributed by atoms with van der Waals surface area (Å²) in [5.74, 6) is 0.589. The van der Waals surface area contributed by atoms with Gasteiger partial charge in [0, 0.05) is 23.2 Å². The van der Waals surface area contributed by atoms with Crippen LogP contribution in [0.1, 0.15) is 28.4 Å².